The van der Waals surface area contributed by atoms with Crippen LogP contribution >= 0.6 is 0 Å². The van der Waals surface area contributed by atoms with E-state index >= 15 is 0 Å². The molecule has 0 saturated carbocycles. The van der Waals surface area contributed by atoms with Gasteiger partial charge in [-0.05, 0) is 12.5 Å². The first kappa shape index (κ1) is 17.2. The quantitative estimate of drug-likeness (QED) is 0.905. The Bertz CT molecular complexity index is 540. The molecule has 1 aromatic carbocycles. The lowest BCUT2D eigenvalue weighted by atomic mass is 10.0. The van der Waals surface area contributed by atoms with Gasteiger partial charge in [0, 0.05) is 32.7 Å². The van der Waals surface area contributed by atoms with Crippen LogP contribution in [0.2, 0.25) is 0 Å². The number of nitrogens with one attached hydrogen (secondary N) is 1. The number of carbonyl (C=O) groups is 1. The number of morpholine rings is 2. The summed E-state index contributed by atoms with van der Waals surface area (Å²) in [5.74, 6) is 0. The zero-order chi connectivity index (χ0) is 16.8. The molecule has 132 valence electrons. The summed E-state index contributed by atoms with van der Waals surface area (Å²) in [4.78, 5) is 16.6. The molecular formula is C18H27N3O3. The third-order valence-electron chi connectivity index (χ3n) is 4.66. The smallest absolute Gasteiger partial charge is 0.317 e. The maximum absolute atomic E-state index is 12.4. The van der Waals surface area contributed by atoms with E-state index in [4.69, 9.17) is 9.47 Å². The number of rotatable bonds is 4. The van der Waals surface area contributed by atoms with E-state index in [2.05, 4.69) is 41.4 Å². The molecule has 0 radical (unpaired) electrons. The number of hydrogen-bond donors (Lipinski definition) is 1. The van der Waals surface area contributed by atoms with Crippen molar-refractivity contribution in [1.82, 2.24) is 15.1 Å². The maximum atomic E-state index is 12.4. The van der Waals surface area contributed by atoms with Gasteiger partial charge >= 0.3 is 6.03 Å². The largest absolute Gasteiger partial charge is 0.379 e. The van der Waals surface area contributed by atoms with Crippen molar-refractivity contribution >= 4 is 6.03 Å². The third kappa shape index (κ3) is 4.47. The molecule has 0 spiro atoms. The molecule has 3 rings (SSSR count). The molecule has 6 heteroatoms. The number of amides is 2. The maximum Gasteiger partial charge on any atom is 0.317 e. The van der Waals surface area contributed by atoms with Crippen molar-refractivity contribution in [2.24, 2.45) is 0 Å². The van der Waals surface area contributed by atoms with Gasteiger partial charge in [0.05, 0.1) is 32.5 Å². The fourth-order valence-electron chi connectivity index (χ4n) is 3.29. The predicted octanol–water partition coefficient (Wildman–Crippen LogP) is 1.41. The summed E-state index contributed by atoms with van der Waals surface area (Å²) in [6.07, 6.45) is 0. The fourth-order valence-corrected chi connectivity index (χ4v) is 3.29. The van der Waals surface area contributed by atoms with Crippen molar-refractivity contribution in [1.29, 1.82) is 0 Å². The SMILES string of the molecule is Cc1cccc(C(CNC(=O)N2CCOCC2)N2CCOCC2)c1. The van der Waals surface area contributed by atoms with E-state index in [1.165, 1.54) is 11.1 Å². The molecule has 1 N–H and O–H groups in total. The van der Waals surface area contributed by atoms with Crippen LogP contribution in [-0.2, 0) is 9.47 Å². The van der Waals surface area contributed by atoms with Gasteiger partial charge in [-0.2, -0.15) is 0 Å². The Morgan fingerprint density at radius 3 is 2.46 bits per heavy atom. The Kier molecular flexibility index (Phi) is 6.07. The van der Waals surface area contributed by atoms with E-state index in [-0.39, 0.29) is 12.1 Å². The molecule has 2 amide bonds. The summed E-state index contributed by atoms with van der Waals surface area (Å²) < 4.78 is 10.8. The minimum Gasteiger partial charge on any atom is -0.379 e. The fraction of sp³-hybridized carbons (Fsp3) is 0.611. The zero-order valence-corrected chi connectivity index (χ0v) is 14.4. The summed E-state index contributed by atoms with van der Waals surface area (Å²) in [6, 6.07) is 8.73. The number of aryl methyl sites for hydroxylation is 1. The van der Waals surface area contributed by atoms with Crippen LogP contribution in [0.1, 0.15) is 17.2 Å². The van der Waals surface area contributed by atoms with Crippen LogP contribution in [0.3, 0.4) is 0 Å². The molecule has 2 heterocycles. The van der Waals surface area contributed by atoms with Crippen LogP contribution in [-0.4, -0.2) is 75.0 Å². The highest BCUT2D eigenvalue weighted by Crippen LogP contribution is 2.22. The first-order valence-electron chi connectivity index (χ1n) is 8.73. The van der Waals surface area contributed by atoms with E-state index in [1.807, 2.05) is 4.90 Å². The van der Waals surface area contributed by atoms with Crippen molar-refractivity contribution in [3.05, 3.63) is 35.4 Å². The van der Waals surface area contributed by atoms with E-state index in [9.17, 15) is 4.79 Å². The Hall–Kier alpha value is -1.63. The zero-order valence-electron chi connectivity index (χ0n) is 14.4. The van der Waals surface area contributed by atoms with Gasteiger partial charge < -0.3 is 19.7 Å². The van der Waals surface area contributed by atoms with Crippen molar-refractivity contribution in [3.63, 3.8) is 0 Å². The molecule has 2 fully saturated rings. The van der Waals surface area contributed by atoms with Crippen LogP contribution in [0.25, 0.3) is 0 Å². The van der Waals surface area contributed by atoms with Crippen molar-refractivity contribution in [2.75, 3.05) is 59.2 Å². The Labute approximate surface area is 143 Å². The lowest BCUT2D eigenvalue weighted by Crippen LogP contribution is -2.49. The van der Waals surface area contributed by atoms with Gasteiger partial charge in [-0.1, -0.05) is 29.8 Å². The number of hydrogen-bond acceptors (Lipinski definition) is 4. The molecular weight excluding hydrogens is 306 g/mol. The van der Waals surface area contributed by atoms with Crippen LogP contribution in [0, 0.1) is 6.92 Å². The van der Waals surface area contributed by atoms with Gasteiger partial charge in [0.1, 0.15) is 0 Å². The molecule has 0 aromatic heterocycles. The van der Waals surface area contributed by atoms with Gasteiger partial charge in [0.2, 0.25) is 0 Å². The number of urea groups is 1. The molecule has 1 aromatic rings. The average Bonchev–Trinajstić information content (AvgIpc) is 2.63. The number of carbonyl (C=O) groups excluding carboxylic acids is 1. The first-order valence-corrected chi connectivity index (χ1v) is 8.73. The van der Waals surface area contributed by atoms with Crippen molar-refractivity contribution < 1.29 is 14.3 Å². The molecule has 0 bridgehead atoms. The van der Waals surface area contributed by atoms with E-state index < -0.39 is 0 Å². The van der Waals surface area contributed by atoms with Gasteiger partial charge in [-0.15, -0.1) is 0 Å². The van der Waals surface area contributed by atoms with Crippen LogP contribution < -0.4 is 5.32 Å². The molecule has 1 atom stereocenters. The summed E-state index contributed by atoms with van der Waals surface area (Å²) in [6.45, 7) is 8.58. The highest BCUT2D eigenvalue weighted by atomic mass is 16.5. The summed E-state index contributed by atoms with van der Waals surface area (Å²) in [5, 5.41) is 3.12. The second-order valence-corrected chi connectivity index (χ2v) is 6.36. The molecule has 0 aliphatic carbocycles. The second-order valence-electron chi connectivity index (χ2n) is 6.36. The van der Waals surface area contributed by atoms with Gasteiger partial charge in [0.15, 0.2) is 0 Å². The van der Waals surface area contributed by atoms with Crippen LogP contribution in [0.4, 0.5) is 4.79 Å². The average molecular weight is 333 g/mol. The summed E-state index contributed by atoms with van der Waals surface area (Å²) in [7, 11) is 0. The standard InChI is InChI=1S/C18H27N3O3/c1-15-3-2-4-16(13-15)17(20-5-9-23-10-6-20)14-19-18(22)21-7-11-24-12-8-21/h2-4,13,17H,5-12,14H2,1H3,(H,19,22). The monoisotopic (exact) mass is 333 g/mol. The lowest BCUT2D eigenvalue weighted by Gasteiger charge is -2.35. The van der Waals surface area contributed by atoms with Gasteiger partial charge in [-0.25, -0.2) is 4.79 Å². The summed E-state index contributed by atoms with van der Waals surface area (Å²) in [5.41, 5.74) is 2.49. The van der Waals surface area contributed by atoms with Gasteiger partial charge in [-0.3, -0.25) is 4.90 Å². The van der Waals surface area contributed by atoms with Crippen molar-refractivity contribution in [3.8, 4) is 0 Å². The topological polar surface area (TPSA) is 54.0 Å². The highest BCUT2D eigenvalue weighted by molar-refractivity contribution is 5.74. The molecule has 1 unspecified atom stereocenters. The molecule has 2 aliphatic heterocycles. The first-order chi connectivity index (χ1) is 11.7. The van der Waals surface area contributed by atoms with Crippen LogP contribution in [0.15, 0.2) is 24.3 Å². The molecule has 2 saturated heterocycles. The van der Waals surface area contributed by atoms with E-state index in [1.54, 1.807) is 0 Å². The van der Waals surface area contributed by atoms with E-state index in [0.717, 1.165) is 26.3 Å². The second kappa shape index (κ2) is 8.46. The van der Waals surface area contributed by atoms with E-state index in [0.29, 0.717) is 32.8 Å². The number of ether oxygens (including phenoxy) is 2. The van der Waals surface area contributed by atoms with Gasteiger partial charge in [0.25, 0.3) is 0 Å². The van der Waals surface area contributed by atoms with Crippen LogP contribution in [0.5, 0.6) is 0 Å². The third-order valence-corrected chi connectivity index (χ3v) is 4.66. The lowest BCUT2D eigenvalue weighted by molar-refractivity contribution is 0.0158. The molecule has 2 aliphatic rings. The number of benzene rings is 1. The number of nitrogens with zero attached hydrogens (tertiary/aromatic N) is 2. The van der Waals surface area contributed by atoms with Crippen molar-refractivity contribution in [2.45, 2.75) is 13.0 Å². The highest BCUT2D eigenvalue weighted by Gasteiger charge is 2.24. The minimum absolute atomic E-state index is 0.00390. The summed E-state index contributed by atoms with van der Waals surface area (Å²) >= 11 is 0. The molecule has 24 heavy (non-hydrogen) atoms. The Morgan fingerprint density at radius 2 is 1.79 bits per heavy atom. The normalized spacial score (nSPS) is 20.6. The minimum atomic E-state index is 0.00390. The Morgan fingerprint density at radius 1 is 1.12 bits per heavy atom. The predicted molar refractivity (Wildman–Crippen MR) is 92.1 cm³/mol. The molecule has 6 nitrogen and oxygen atoms in total. The Balaban J connectivity index is 1.66.